The van der Waals surface area contributed by atoms with Gasteiger partial charge in [-0.05, 0) is 36.1 Å². The molecule has 3 nitrogen and oxygen atoms in total. The van der Waals surface area contributed by atoms with Crippen LogP contribution in [0.3, 0.4) is 0 Å². The number of nitrogens with two attached hydrogens (primary N) is 1. The molecule has 4 rings (SSSR count). The second-order valence-electron chi connectivity index (χ2n) is 6.04. The maximum absolute atomic E-state index is 11.9. The highest BCUT2D eigenvalue weighted by Gasteiger charge is 2.15. The zero-order valence-corrected chi connectivity index (χ0v) is 13.3. The van der Waals surface area contributed by atoms with Crippen molar-refractivity contribution >= 4 is 27.7 Å². The first-order valence-electron chi connectivity index (χ1n) is 8.10. The molecule has 0 atom stereocenters. The minimum absolute atomic E-state index is 0.389. The number of fused-ring (bicyclic) bond motifs is 3. The lowest BCUT2D eigenvalue weighted by molar-refractivity contribution is 0.100. The highest BCUT2D eigenvalue weighted by Crippen LogP contribution is 2.31. The summed E-state index contributed by atoms with van der Waals surface area (Å²) in [7, 11) is 0. The van der Waals surface area contributed by atoms with Crippen molar-refractivity contribution in [1.82, 2.24) is 4.98 Å². The van der Waals surface area contributed by atoms with Gasteiger partial charge in [-0.2, -0.15) is 0 Å². The number of H-pyrrole nitrogens is 1. The number of aromatic nitrogens is 1. The Kier molecular flexibility index (Phi) is 3.54. The maximum Gasteiger partial charge on any atom is 0.249 e. The Bertz CT molecular complexity index is 1030. The Morgan fingerprint density at radius 2 is 1.62 bits per heavy atom. The molecule has 0 fully saturated rings. The number of benzene rings is 3. The van der Waals surface area contributed by atoms with Gasteiger partial charge in [0.25, 0.3) is 0 Å². The Hall–Kier alpha value is -3.07. The lowest BCUT2D eigenvalue weighted by Crippen LogP contribution is -2.11. The molecule has 0 aliphatic heterocycles. The van der Waals surface area contributed by atoms with E-state index in [0.717, 1.165) is 34.6 Å². The van der Waals surface area contributed by atoms with Gasteiger partial charge in [0.2, 0.25) is 5.91 Å². The quantitative estimate of drug-likeness (QED) is 0.582. The van der Waals surface area contributed by atoms with E-state index in [-0.39, 0.29) is 5.91 Å². The molecule has 0 saturated heterocycles. The van der Waals surface area contributed by atoms with Crippen LogP contribution in [-0.2, 0) is 12.8 Å². The van der Waals surface area contributed by atoms with E-state index in [9.17, 15) is 4.79 Å². The fourth-order valence-corrected chi connectivity index (χ4v) is 3.35. The summed E-state index contributed by atoms with van der Waals surface area (Å²) in [5.74, 6) is -0.389. The average Bonchev–Trinajstić information content (AvgIpc) is 3.00. The summed E-state index contributed by atoms with van der Waals surface area (Å²) >= 11 is 0. The first-order valence-corrected chi connectivity index (χ1v) is 8.10. The molecule has 0 spiro atoms. The minimum Gasteiger partial charge on any atom is -0.366 e. The van der Waals surface area contributed by atoms with Crippen LogP contribution in [0.2, 0.25) is 0 Å². The number of carbonyl (C=O) groups is 1. The van der Waals surface area contributed by atoms with Crippen molar-refractivity contribution in [2.45, 2.75) is 12.8 Å². The number of aryl methyl sites for hydroxylation is 2. The lowest BCUT2D eigenvalue weighted by Gasteiger charge is -2.07. The predicted octanol–water partition coefficient (Wildman–Crippen LogP) is 4.21. The molecule has 0 aliphatic carbocycles. The third-order valence-electron chi connectivity index (χ3n) is 4.54. The van der Waals surface area contributed by atoms with E-state index < -0.39 is 0 Å². The van der Waals surface area contributed by atoms with Gasteiger partial charge in [0.05, 0.1) is 5.52 Å². The Labute approximate surface area is 140 Å². The average molecular weight is 314 g/mol. The van der Waals surface area contributed by atoms with E-state index >= 15 is 0 Å². The predicted molar refractivity (Wildman–Crippen MR) is 98.2 cm³/mol. The molecule has 3 N–H and O–H groups in total. The summed E-state index contributed by atoms with van der Waals surface area (Å²) in [6.07, 6.45) is 1.87. The van der Waals surface area contributed by atoms with Gasteiger partial charge in [0.15, 0.2) is 0 Å². The highest BCUT2D eigenvalue weighted by atomic mass is 16.1. The normalized spacial score (nSPS) is 11.2. The van der Waals surface area contributed by atoms with Crippen LogP contribution in [0.15, 0.2) is 66.7 Å². The Morgan fingerprint density at radius 3 is 2.42 bits per heavy atom. The molecular weight excluding hydrogens is 296 g/mol. The van der Waals surface area contributed by atoms with Crippen LogP contribution in [0.1, 0.15) is 21.5 Å². The highest BCUT2D eigenvalue weighted by molar-refractivity contribution is 6.18. The van der Waals surface area contributed by atoms with E-state index in [2.05, 4.69) is 29.2 Å². The standard InChI is InChI=1S/C21H18N2O/c22-21(24)17-13-12-15(11-10-14-6-2-1-3-7-14)20-19(17)16-8-4-5-9-18(16)23-20/h1-9,12-13,23H,10-11H2,(H2,22,24). The van der Waals surface area contributed by atoms with Crippen LogP contribution in [0.4, 0.5) is 0 Å². The molecule has 1 heterocycles. The number of aromatic amines is 1. The van der Waals surface area contributed by atoms with Gasteiger partial charge in [0, 0.05) is 21.9 Å². The van der Waals surface area contributed by atoms with Crippen LogP contribution >= 0.6 is 0 Å². The van der Waals surface area contributed by atoms with Crippen molar-refractivity contribution in [2.75, 3.05) is 0 Å². The van der Waals surface area contributed by atoms with E-state index in [1.54, 1.807) is 0 Å². The van der Waals surface area contributed by atoms with Crippen molar-refractivity contribution in [3.05, 3.63) is 83.4 Å². The van der Waals surface area contributed by atoms with Crippen molar-refractivity contribution in [2.24, 2.45) is 5.73 Å². The Balaban J connectivity index is 1.85. The van der Waals surface area contributed by atoms with Crippen LogP contribution < -0.4 is 5.73 Å². The van der Waals surface area contributed by atoms with Crippen molar-refractivity contribution in [3.63, 3.8) is 0 Å². The molecule has 3 aromatic carbocycles. The van der Waals surface area contributed by atoms with Gasteiger partial charge in [0.1, 0.15) is 0 Å². The third kappa shape index (κ3) is 2.44. The summed E-state index contributed by atoms with van der Waals surface area (Å²) in [4.78, 5) is 15.3. The number of hydrogen-bond acceptors (Lipinski definition) is 1. The van der Waals surface area contributed by atoms with Gasteiger partial charge >= 0.3 is 0 Å². The van der Waals surface area contributed by atoms with Crippen molar-refractivity contribution < 1.29 is 4.79 Å². The third-order valence-corrected chi connectivity index (χ3v) is 4.54. The van der Waals surface area contributed by atoms with E-state index in [1.165, 1.54) is 11.1 Å². The lowest BCUT2D eigenvalue weighted by atomic mass is 9.98. The SMILES string of the molecule is NC(=O)c1ccc(CCc2ccccc2)c2[nH]c3ccccc3c12. The number of nitrogens with one attached hydrogen (secondary N) is 1. The molecule has 0 saturated carbocycles. The number of rotatable bonds is 4. The molecular formula is C21H18N2O. The molecule has 0 bridgehead atoms. The number of carbonyl (C=O) groups excluding carboxylic acids is 1. The smallest absolute Gasteiger partial charge is 0.249 e. The summed E-state index contributed by atoms with van der Waals surface area (Å²) in [5, 5.41) is 1.98. The molecule has 0 aliphatic rings. The van der Waals surface area contributed by atoms with Gasteiger partial charge in [-0.3, -0.25) is 4.79 Å². The molecule has 4 aromatic rings. The van der Waals surface area contributed by atoms with Crippen LogP contribution in [0, 0.1) is 0 Å². The summed E-state index contributed by atoms with van der Waals surface area (Å²) in [5.41, 5.74) is 10.7. The molecule has 3 heteroatoms. The van der Waals surface area contributed by atoms with Gasteiger partial charge in [-0.25, -0.2) is 0 Å². The number of amides is 1. The van der Waals surface area contributed by atoms with Crippen LogP contribution in [0.25, 0.3) is 21.8 Å². The number of primary amides is 1. The molecule has 1 amide bonds. The maximum atomic E-state index is 11.9. The largest absolute Gasteiger partial charge is 0.366 e. The molecule has 118 valence electrons. The zero-order valence-electron chi connectivity index (χ0n) is 13.3. The fraction of sp³-hybridized carbons (Fsp3) is 0.0952. The number of hydrogen-bond donors (Lipinski definition) is 2. The molecule has 0 unspecified atom stereocenters. The molecule has 0 radical (unpaired) electrons. The van der Waals surface area contributed by atoms with E-state index in [4.69, 9.17) is 5.73 Å². The van der Waals surface area contributed by atoms with E-state index in [1.807, 2.05) is 42.5 Å². The van der Waals surface area contributed by atoms with Gasteiger partial charge in [-0.1, -0.05) is 54.6 Å². The second-order valence-corrected chi connectivity index (χ2v) is 6.04. The monoisotopic (exact) mass is 314 g/mol. The van der Waals surface area contributed by atoms with Gasteiger partial charge in [-0.15, -0.1) is 0 Å². The first-order chi connectivity index (χ1) is 11.7. The van der Waals surface area contributed by atoms with Gasteiger partial charge < -0.3 is 10.7 Å². The second kappa shape index (κ2) is 5.85. The zero-order chi connectivity index (χ0) is 16.5. The van der Waals surface area contributed by atoms with E-state index in [0.29, 0.717) is 5.56 Å². The summed E-state index contributed by atoms with van der Waals surface area (Å²) in [6.45, 7) is 0. The topological polar surface area (TPSA) is 58.9 Å². The minimum atomic E-state index is -0.389. The fourth-order valence-electron chi connectivity index (χ4n) is 3.35. The summed E-state index contributed by atoms with van der Waals surface area (Å²) in [6, 6.07) is 22.3. The Morgan fingerprint density at radius 1 is 0.875 bits per heavy atom. The molecule has 24 heavy (non-hydrogen) atoms. The molecule has 1 aromatic heterocycles. The first kappa shape index (κ1) is 14.5. The van der Waals surface area contributed by atoms with Crippen LogP contribution in [-0.4, -0.2) is 10.9 Å². The number of para-hydroxylation sites is 1. The summed E-state index contributed by atoms with van der Waals surface area (Å²) < 4.78 is 0. The van der Waals surface area contributed by atoms with Crippen molar-refractivity contribution in [3.8, 4) is 0 Å². The van der Waals surface area contributed by atoms with Crippen LogP contribution in [0.5, 0.6) is 0 Å². The van der Waals surface area contributed by atoms with Crippen molar-refractivity contribution in [1.29, 1.82) is 0 Å².